The lowest BCUT2D eigenvalue weighted by Crippen LogP contribution is -2.31. The molecule has 1 aromatic carbocycles. The van der Waals surface area contributed by atoms with Gasteiger partial charge in [0.25, 0.3) is 5.91 Å². The summed E-state index contributed by atoms with van der Waals surface area (Å²) in [6.07, 6.45) is 3.94. The minimum atomic E-state index is -0.0624. The third-order valence-electron chi connectivity index (χ3n) is 3.67. The fourth-order valence-corrected chi connectivity index (χ4v) is 2.25. The monoisotopic (exact) mass is 296 g/mol. The van der Waals surface area contributed by atoms with E-state index in [9.17, 15) is 4.79 Å². The van der Waals surface area contributed by atoms with Crippen molar-refractivity contribution in [3.8, 4) is 0 Å². The van der Waals surface area contributed by atoms with Crippen molar-refractivity contribution >= 4 is 11.9 Å². The van der Waals surface area contributed by atoms with E-state index in [0.29, 0.717) is 30.8 Å². The highest BCUT2D eigenvalue weighted by atomic mass is 16.2. The Hall–Kier alpha value is -2.43. The Morgan fingerprint density at radius 2 is 2.05 bits per heavy atom. The van der Waals surface area contributed by atoms with Gasteiger partial charge in [-0.1, -0.05) is 30.3 Å². The third-order valence-corrected chi connectivity index (χ3v) is 3.67. The van der Waals surface area contributed by atoms with Crippen molar-refractivity contribution in [3.63, 3.8) is 0 Å². The number of aromatic nitrogens is 2. The Kier molecular flexibility index (Phi) is 4.32. The molecule has 114 valence electrons. The number of amides is 1. The number of benzene rings is 1. The van der Waals surface area contributed by atoms with Gasteiger partial charge in [0.1, 0.15) is 5.69 Å². The molecule has 1 aliphatic carbocycles. The van der Waals surface area contributed by atoms with Crippen LogP contribution in [-0.2, 0) is 6.54 Å². The second-order valence-corrected chi connectivity index (χ2v) is 5.49. The SMILES string of the molecule is CCN(Cc1ccccc1)C(=O)c1ccnc(NC2CC2)n1. The maximum absolute atomic E-state index is 12.6. The molecule has 1 fully saturated rings. The zero-order chi connectivity index (χ0) is 15.4. The van der Waals surface area contributed by atoms with E-state index in [-0.39, 0.29) is 5.91 Å². The van der Waals surface area contributed by atoms with Crippen LogP contribution in [-0.4, -0.2) is 33.4 Å². The van der Waals surface area contributed by atoms with Gasteiger partial charge < -0.3 is 10.2 Å². The second kappa shape index (κ2) is 6.56. The van der Waals surface area contributed by atoms with Crippen LogP contribution in [0.25, 0.3) is 0 Å². The minimum Gasteiger partial charge on any atom is -0.351 e. The van der Waals surface area contributed by atoms with Crippen molar-refractivity contribution in [2.24, 2.45) is 0 Å². The lowest BCUT2D eigenvalue weighted by molar-refractivity contribution is 0.0746. The molecular weight excluding hydrogens is 276 g/mol. The first-order valence-corrected chi connectivity index (χ1v) is 7.69. The van der Waals surface area contributed by atoms with Crippen LogP contribution in [0.3, 0.4) is 0 Å². The van der Waals surface area contributed by atoms with Crippen LogP contribution in [0.15, 0.2) is 42.6 Å². The van der Waals surface area contributed by atoms with Gasteiger partial charge in [0, 0.05) is 25.3 Å². The molecular formula is C17H20N4O. The number of hydrogen-bond acceptors (Lipinski definition) is 4. The first kappa shape index (κ1) is 14.5. The standard InChI is InChI=1S/C17H20N4O/c1-2-21(12-13-6-4-3-5-7-13)16(22)15-10-11-18-17(20-15)19-14-8-9-14/h3-7,10-11,14H,2,8-9,12H2,1H3,(H,18,19,20). The Morgan fingerprint density at radius 3 is 2.73 bits per heavy atom. The fraction of sp³-hybridized carbons (Fsp3) is 0.353. The molecule has 1 amide bonds. The number of rotatable bonds is 6. The van der Waals surface area contributed by atoms with Crippen LogP contribution < -0.4 is 5.32 Å². The summed E-state index contributed by atoms with van der Waals surface area (Å²) in [7, 11) is 0. The number of carbonyl (C=O) groups is 1. The van der Waals surface area contributed by atoms with E-state index in [4.69, 9.17) is 0 Å². The predicted octanol–water partition coefficient (Wildman–Crippen LogP) is 2.71. The topological polar surface area (TPSA) is 58.1 Å². The molecule has 5 heteroatoms. The van der Waals surface area contributed by atoms with Gasteiger partial charge >= 0.3 is 0 Å². The Morgan fingerprint density at radius 1 is 1.27 bits per heavy atom. The minimum absolute atomic E-state index is 0.0624. The number of nitrogens with zero attached hydrogens (tertiary/aromatic N) is 3. The van der Waals surface area contributed by atoms with Gasteiger partial charge in [-0.15, -0.1) is 0 Å². The van der Waals surface area contributed by atoms with Crippen molar-refractivity contribution < 1.29 is 4.79 Å². The van der Waals surface area contributed by atoms with Gasteiger partial charge in [-0.05, 0) is 31.4 Å². The van der Waals surface area contributed by atoms with Crippen molar-refractivity contribution in [3.05, 3.63) is 53.9 Å². The van der Waals surface area contributed by atoms with Gasteiger partial charge in [-0.3, -0.25) is 4.79 Å². The van der Waals surface area contributed by atoms with E-state index in [1.807, 2.05) is 37.3 Å². The van der Waals surface area contributed by atoms with E-state index in [2.05, 4.69) is 15.3 Å². The first-order valence-electron chi connectivity index (χ1n) is 7.69. The lowest BCUT2D eigenvalue weighted by Gasteiger charge is -2.20. The molecule has 0 aliphatic heterocycles. The molecule has 0 atom stereocenters. The summed E-state index contributed by atoms with van der Waals surface area (Å²) >= 11 is 0. The van der Waals surface area contributed by atoms with E-state index in [0.717, 1.165) is 18.4 Å². The quantitative estimate of drug-likeness (QED) is 0.890. The van der Waals surface area contributed by atoms with Gasteiger partial charge in [0.05, 0.1) is 0 Å². The second-order valence-electron chi connectivity index (χ2n) is 5.49. The maximum Gasteiger partial charge on any atom is 0.272 e. The molecule has 1 saturated carbocycles. The number of carbonyl (C=O) groups excluding carboxylic acids is 1. The molecule has 3 rings (SSSR count). The van der Waals surface area contributed by atoms with Crippen molar-refractivity contribution in [1.29, 1.82) is 0 Å². The van der Waals surface area contributed by atoms with Gasteiger partial charge in [0.15, 0.2) is 0 Å². The molecule has 1 aromatic heterocycles. The fourth-order valence-electron chi connectivity index (χ4n) is 2.25. The van der Waals surface area contributed by atoms with Crippen LogP contribution >= 0.6 is 0 Å². The summed E-state index contributed by atoms with van der Waals surface area (Å²) in [5.41, 5.74) is 1.55. The molecule has 0 radical (unpaired) electrons. The van der Waals surface area contributed by atoms with E-state index < -0.39 is 0 Å². The lowest BCUT2D eigenvalue weighted by atomic mass is 10.2. The van der Waals surface area contributed by atoms with Crippen molar-refractivity contribution in [1.82, 2.24) is 14.9 Å². The van der Waals surface area contributed by atoms with Gasteiger partial charge in [-0.2, -0.15) is 0 Å². The van der Waals surface area contributed by atoms with Crippen LogP contribution in [0, 0.1) is 0 Å². The Labute approximate surface area is 130 Å². The molecule has 0 saturated heterocycles. The summed E-state index contributed by atoms with van der Waals surface area (Å²) in [6, 6.07) is 12.1. The molecule has 5 nitrogen and oxygen atoms in total. The van der Waals surface area contributed by atoms with Crippen molar-refractivity contribution in [2.75, 3.05) is 11.9 Å². The van der Waals surface area contributed by atoms with Crippen LogP contribution in [0.1, 0.15) is 35.8 Å². The number of hydrogen-bond donors (Lipinski definition) is 1. The smallest absolute Gasteiger partial charge is 0.272 e. The summed E-state index contributed by atoms with van der Waals surface area (Å²) in [6.45, 7) is 3.21. The molecule has 1 aliphatic rings. The summed E-state index contributed by atoms with van der Waals surface area (Å²) in [5, 5.41) is 3.22. The van der Waals surface area contributed by atoms with Crippen LogP contribution in [0.4, 0.5) is 5.95 Å². The zero-order valence-electron chi connectivity index (χ0n) is 12.7. The molecule has 0 unspecified atom stereocenters. The summed E-state index contributed by atoms with van der Waals surface area (Å²) < 4.78 is 0. The zero-order valence-corrected chi connectivity index (χ0v) is 12.7. The largest absolute Gasteiger partial charge is 0.351 e. The third kappa shape index (κ3) is 3.61. The van der Waals surface area contributed by atoms with E-state index >= 15 is 0 Å². The average molecular weight is 296 g/mol. The molecule has 0 bridgehead atoms. The summed E-state index contributed by atoms with van der Waals surface area (Å²) in [5.74, 6) is 0.483. The van der Waals surface area contributed by atoms with Gasteiger partial charge in [-0.25, -0.2) is 9.97 Å². The number of anilines is 1. The van der Waals surface area contributed by atoms with E-state index in [1.165, 1.54) is 0 Å². The molecule has 1 heterocycles. The van der Waals surface area contributed by atoms with Gasteiger partial charge in [0.2, 0.25) is 5.95 Å². The first-order chi connectivity index (χ1) is 10.8. The molecule has 2 aromatic rings. The average Bonchev–Trinajstić information content (AvgIpc) is 3.37. The maximum atomic E-state index is 12.6. The molecule has 22 heavy (non-hydrogen) atoms. The highest BCUT2D eigenvalue weighted by Crippen LogP contribution is 2.22. The molecule has 0 spiro atoms. The summed E-state index contributed by atoms with van der Waals surface area (Å²) in [4.78, 5) is 23.0. The predicted molar refractivity (Wildman–Crippen MR) is 85.5 cm³/mol. The highest BCUT2D eigenvalue weighted by Gasteiger charge is 2.23. The Balaban J connectivity index is 1.72. The van der Waals surface area contributed by atoms with Crippen LogP contribution in [0.2, 0.25) is 0 Å². The normalized spacial score (nSPS) is 13.7. The Bertz CT molecular complexity index is 640. The highest BCUT2D eigenvalue weighted by molar-refractivity contribution is 5.92. The van der Waals surface area contributed by atoms with Crippen molar-refractivity contribution in [2.45, 2.75) is 32.4 Å². The van der Waals surface area contributed by atoms with Crippen LogP contribution in [0.5, 0.6) is 0 Å². The number of nitrogens with one attached hydrogen (secondary N) is 1. The molecule has 1 N–H and O–H groups in total. The van der Waals surface area contributed by atoms with E-state index in [1.54, 1.807) is 17.2 Å².